The Hall–Kier alpha value is -1.59. The molecular weight excluding hydrogens is 330 g/mol. The minimum absolute atomic E-state index is 0.109. The number of rotatable bonds is 7. The first-order valence-corrected chi connectivity index (χ1v) is 10.4. The van der Waals surface area contributed by atoms with Gasteiger partial charge in [-0.25, -0.2) is 0 Å². The highest BCUT2D eigenvalue weighted by atomic mass is 32.1. The normalized spacial score (nSPS) is 16.2. The van der Waals surface area contributed by atoms with Crippen LogP contribution in [0.4, 0.5) is 5.82 Å². The monoisotopic (exact) mass is 359 g/mol. The third kappa shape index (κ3) is 4.33. The van der Waals surface area contributed by atoms with E-state index in [9.17, 15) is 4.79 Å². The third-order valence-electron chi connectivity index (χ3n) is 5.20. The van der Waals surface area contributed by atoms with E-state index in [1.54, 1.807) is 0 Å². The van der Waals surface area contributed by atoms with E-state index in [0.717, 1.165) is 36.6 Å². The first kappa shape index (κ1) is 18.2. The zero-order valence-corrected chi connectivity index (χ0v) is 16.1. The average Bonchev–Trinajstić information content (AvgIpc) is 3.34. The smallest absolute Gasteiger partial charge is 0.269 e. The van der Waals surface area contributed by atoms with Crippen LogP contribution in [0.1, 0.15) is 60.7 Å². The number of carbonyl (C=O) groups excluding carboxylic acids is 1. The number of piperidine rings is 1. The van der Waals surface area contributed by atoms with Crippen LogP contribution < -0.4 is 4.90 Å². The molecule has 3 heterocycles. The molecule has 1 fully saturated rings. The number of hydrogen-bond donors (Lipinski definition) is 1. The van der Waals surface area contributed by atoms with E-state index in [1.807, 2.05) is 22.4 Å². The first-order chi connectivity index (χ1) is 12.2. The lowest BCUT2D eigenvalue weighted by molar-refractivity contribution is 0.0990. The summed E-state index contributed by atoms with van der Waals surface area (Å²) in [5.41, 5.74) is 1.35. The maximum atomic E-state index is 12.9. The van der Waals surface area contributed by atoms with Crippen LogP contribution in [0.15, 0.2) is 29.8 Å². The van der Waals surface area contributed by atoms with Gasteiger partial charge in [-0.2, -0.15) is 0 Å². The molecule has 4 nitrogen and oxygen atoms in total. The second kappa shape index (κ2) is 8.68. The standard InChI is InChI=1S/C20H29N3OS/c1-3-5-10-23(20(24)18-7-6-13-25-18)19-14-17(15-21-19)16-8-11-22(4-2)12-9-16/h6-7,13-16,21H,3-5,8-12H2,1-2H3. The Bertz CT molecular complexity index is 656. The third-order valence-corrected chi connectivity index (χ3v) is 6.06. The Labute approximate surface area is 154 Å². The number of H-pyrrole nitrogens is 1. The predicted octanol–water partition coefficient (Wildman–Crippen LogP) is 4.72. The Morgan fingerprint density at radius 2 is 2.16 bits per heavy atom. The van der Waals surface area contributed by atoms with Crippen molar-refractivity contribution in [2.24, 2.45) is 0 Å². The molecular formula is C20H29N3OS. The van der Waals surface area contributed by atoms with Crippen molar-refractivity contribution in [3.05, 3.63) is 40.2 Å². The van der Waals surface area contributed by atoms with E-state index >= 15 is 0 Å². The lowest BCUT2D eigenvalue weighted by atomic mass is 9.91. The van der Waals surface area contributed by atoms with Gasteiger partial charge < -0.3 is 9.88 Å². The molecule has 0 saturated carbocycles. The van der Waals surface area contributed by atoms with E-state index < -0.39 is 0 Å². The highest BCUT2D eigenvalue weighted by Gasteiger charge is 2.23. The molecule has 1 N–H and O–H groups in total. The molecule has 0 spiro atoms. The fraction of sp³-hybridized carbons (Fsp3) is 0.550. The maximum Gasteiger partial charge on any atom is 0.269 e. The van der Waals surface area contributed by atoms with Crippen LogP contribution in [-0.4, -0.2) is 42.0 Å². The fourth-order valence-corrected chi connectivity index (χ4v) is 4.23. The lowest BCUT2D eigenvalue weighted by Crippen LogP contribution is -2.32. The molecule has 5 heteroatoms. The molecule has 0 aromatic carbocycles. The number of thiophene rings is 1. The lowest BCUT2D eigenvalue weighted by Gasteiger charge is -2.30. The summed E-state index contributed by atoms with van der Waals surface area (Å²) in [4.78, 5) is 21.5. The SMILES string of the molecule is CCCCN(C(=O)c1cccs1)c1cc(C2CCN(CC)CC2)c[nH]1. The molecule has 1 aliphatic rings. The number of amides is 1. The summed E-state index contributed by atoms with van der Waals surface area (Å²) in [5.74, 6) is 1.66. The van der Waals surface area contributed by atoms with Crippen LogP contribution in [0.5, 0.6) is 0 Å². The first-order valence-electron chi connectivity index (χ1n) is 9.49. The number of nitrogens with one attached hydrogen (secondary N) is 1. The van der Waals surface area contributed by atoms with Crippen molar-refractivity contribution in [2.45, 2.75) is 45.4 Å². The second-order valence-electron chi connectivity index (χ2n) is 6.81. The van der Waals surface area contributed by atoms with E-state index in [4.69, 9.17) is 0 Å². The molecule has 0 unspecified atom stereocenters. The van der Waals surface area contributed by atoms with Crippen molar-refractivity contribution in [3.63, 3.8) is 0 Å². The average molecular weight is 360 g/mol. The van der Waals surface area contributed by atoms with Gasteiger partial charge in [0.15, 0.2) is 0 Å². The number of anilines is 1. The van der Waals surface area contributed by atoms with Crippen molar-refractivity contribution < 1.29 is 4.79 Å². The maximum absolute atomic E-state index is 12.9. The highest BCUT2D eigenvalue weighted by molar-refractivity contribution is 7.12. The summed E-state index contributed by atoms with van der Waals surface area (Å²) < 4.78 is 0. The zero-order chi connectivity index (χ0) is 17.6. The van der Waals surface area contributed by atoms with E-state index in [0.29, 0.717) is 5.92 Å². The largest absolute Gasteiger partial charge is 0.348 e. The number of unbranched alkanes of at least 4 members (excludes halogenated alkanes) is 1. The molecule has 0 bridgehead atoms. The summed E-state index contributed by atoms with van der Waals surface area (Å²) in [6.45, 7) is 8.66. The Morgan fingerprint density at radius 1 is 1.36 bits per heavy atom. The van der Waals surface area contributed by atoms with E-state index in [-0.39, 0.29) is 5.91 Å². The number of nitrogens with zero attached hydrogens (tertiary/aromatic N) is 2. The summed E-state index contributed by atoms with van der Waals surface area (Å²) >= 11 is 1.51. The molecule has 25 heavy (non-hydrogen) atoms. The van der Waals surface area contributed by atoms with Gasteiger partial charge >= 0.3 is 0 Å². The topological polar surface area (TPSA) is 39.3 Å². The van der Waals surface area contributed by atoms with Crippen LogP contribution in [0, 0.1) is 0 Å². The predicted molar refractivity (Wildman–Crippen MR) is 106 cm³/mol. The molecule has 2 aromatic rings. The van der Waals surface area contributed by atoms with E-state index in [1.165, 1.54) is 42.8 Å². The summed E-state index contributed by atoms with van der Waals surface area (Å²) in [6.07, 6.45) is 6.62. The van der Waals surface area contributed by atoms with Gasteiger partial charge in [-0.3, -0.25) is 9.69 Å². The van der Waals surface area contributed by atoms with Crippen LogP contribution in [0.3, 0.4) is 0 Å². The van der Waals surface area contributed by atoms with E-state index in [2.05, 4.69) is 36.0 Å². The quantitative estimate of drug-likeness (QED) is 0.777. The molecule has 1 aliphatic heterocycles. The minimum Gasteiger partial charge on any atom is -0.348 e. The van der Waals surface area contributed by atoms with Crippen molar-refractivity contribution in [2.75, 3.05) is 31.1 Å². The molecule has 1 saturated heterocycles. The van der Waals surface area contributed by atoms with Crippen molar-refractivity contribution in [1.29, 1.82) is 0 Å². The summed E-state index contributed by atoms with van der Waals surface area (Å²) in [7, 11) is 0. The highest BCUT2D eigenvalue weighted by Crippen LogP contribution is 2.31. The van der Waals surface area contributed by atoms with Crippen molar-refractivity contribution in [3.8, 4) is 0 Å². The van der Waals surface area contributed by atoms with Gasteiger partial charge in [-0.1, -0.05) is 26.3 Å². The molecule has 2 aromatic heterocycles. The number of aromatic amines is 1. The number of carbonyl (C=O) groups is 1. The number of aromatic nitrogens is 1. The second-order valence-corrected chi connectivity index (χ2v) is 7.76. The van der Waals surface area contributed by atoms with Gasteiger partial charge in [-0.15, -0.1) is 11.3 Å². The number of hydrogen-bond acceptors (Lipinski definition) is 3. The van der Waals surface area contributed by atoms with Gasteiger partial charge in [0.25, 0.3) is 5.91 Å². The van der Waals surface area contributed by atoms with Crippen LogP contribution in [0.25, 0.3) is 0 Å². The molecule has 0 radical (unpaired) electrons. The fourth-order valence-electron chi connectivity index (χ4n) is 3.55. The van der Waals surface area contributed by atoms with Crippen LogP contribution in [-0.2, 0) is 0 Å². The Balaban J connectivity index is 1.73. The molecule has 0 atom stereocenters. The van der Waals surface area contributed by atoms with Gasteiger partial charge in [0.2, 0.25) is 0 Å². The summed E-state index contributed by atoms with van der Waals surface area (Å²) in [6, 6.07) is 6.06. The van der Waals surface area contributed by atoms with Crippen LogP contribution in [0.2, 0.25) is 0 Å². The van der Waals surface area contributed by atoms with Crippen molar-refractivity contribution in [1.82, 2.24) is 9.88 Å². The summed E-state index contributed by atoms with van der Waals surface area (Å²) in [5, 5.41) is 1.97. The zero-order valence-electron chi connectivity index (χ0n) is 15.3. The van der Waals surface area contributed by atoms with Gasteiger partial charge in [0.05, 0.1) is 4.88 Å². The molecule has 136 valence electrons. The van der Waals surface area contributed by atoms with Gasteiger partial charge in [-0.05, 0) is 67.9 Å². The molecule has 0 aliphatic carbocycles. The number of likely N-dealkylation sites (tertiary alicyclic amines) is 1. The van der Waals surface area contributed by atoms with Crippen molar-refractivity contribution >= 4 is 23.1 Å². The molecule has 3 rings (SSSR count). The molecule has 1 amide bonds. The van der Waals surface area contributed by atoms with Gasteiger partial charge in [0, 0.05) is 12.7 Å². The van der Waals surface area contributed by atoms with Gasteiger partial charge in [0.1, 0.15) is 5.82 Å². The minimum atomic E-state index is 0.109. The van der Waals surface area contributed by atoms with Crippen LogP contribution >= 0.6 is 11.3 Å². The Morgan fingerprint density at radius 3 is 2.80 bits per heavy atom. The Kier molecular flexibility index (Phi) is 6.32.